The number of carboxylic acid groups (broad SMARTS) is 1. The van der Waals surface area contributed by atoms with Crippen molar-refractivity contribution in [2.75, 3.05) is 6.54 Å². The maximum atomic E-state index is 11.0. The lowest BCUT2D eigenvalue weighted by atomic mass is 10.2. The van der Waals surface area contributed by atoms with E-state index in [1.54, 1.807) is 18.2 Å². The minimum Gasteiger partial charge on any atom is -0.478 e. The Labute approximate surface area is 121 Å². The number of aromatic nitrogens is 2. The van der Waals surface area contributed by atoms with Gasteiger partial charge in [-0.3, -0.25) is 0 Å². The van der Waals surface area contributed by atoms with E-state index in [4.69, 9.17) is 10.8 Å². The van der Waals surface area contributed by atoms with Crippen molar-refractivity contribution in [3.05, 3.63) is 29.6 Å². The van der Waals surface area contributed by atoms with Crippen molar-refractivity contribution in [2.45, 2.75) is 26.3 Å². The molecule has 0 bridgehead atoms. The Morgan fingerprint density at radius 3 is 2.71 bits per heavy atom. The van der Waals surface area contributed by atoms with Crippen LogP contribution >= 0.6 is 0 Å². The van der Waals surface area contributed by atoms with Gasteiger partial charge >= 0.3 is 12.0 Å². The van der Waals surface area contributed by atoms with Gasteiger partial charge in [0.15, 0.2) is 0 Å². The van der Waals surface area contributed by atoms with Crippen LogP contribution in [0.1, 0.15) is 35.9 Å². The molecule has 1 aromatic heterocycles. The van der Waals surface area contributed by atoms with Crippen LogP contribution in [0.15, 0.2) is 18.2 Å². The summed E-state index contributed by atoms with van der Waals surface area (Å²) in [6, 6.07) is 4.27. The predicted octanol–water partition coefficient (Wildman–Crippen LogP) is 1.53. The molecule has 7 nitrogen and oxygen atoms in total. The number of hydrogen-bond acceptors (Lipinski definition) is 3. The third kappa shape index (κ3) is 3.13. The van der Waals surface area contributed by atoms with E-state index in [-0.39, 0.29) is 11.5 Å². The zero-order chi connectivity index (χ0) is 15.6. The summed E-state index contributed by atoms with van der Waals surface area (Å²) >= 11 is 0. The van der Waals surface area contributed by atoms with Crippen molar-refractivity contribution in [1.29, 1.82) is 0 Å². The Hall–Kier alpha value is -2.57. The molecule has 0 spiro atoms. The number of fused-ring (bicyclic) bond motifs is 1. The summed E-state index contributed by atoms with van der Waals surface area (Å²) in [5.74, 6) is 0.0472. The van der Waals surface area contributed by atoms with Gasteiger partial charge in [-0.25, -0.2) is 14.6 Å². The van der Waals surface area contributed by atoms with Crippen LogP contribution < -0.4 is 11.1 Å². The van der Waals surface area contributed by atoms with Crippen LogP contribution in [0, 0.1) is 0 Å². The second kappa shape index (κ2) is 5.82. The third-order valence-corrected chi connectivity index (χ3v) is 3.18. The smallest absolute Gasteiger partial charge is 0.335 e. The Balaban J connectivity index is 2.42. The van der Waals surface area contributed by atoms with Crippen molar-refractivity contribution in [1.82, 2.24) is 14.9 Å². The molecule has 2 aromatic rings. The van der Waals surface area contributed by atoms with E-state index in [1.165, 1.54) is 0 Å². The van der Waals surface area contributed by atoms with Crippen molar-refractivity contribution < 1.29 is 14.7 Å². The third-order valence-electron chi connectivity index (χ3n) is 3.18. The number of carbonyl (C=O) groups is 2. The van der Waals surface area contributed by atoms with Crippen LogP contribution in [0.3, 0.4) is 0 Å². The molecule has 0 unspecified atom stereocenters. The first-order valence-electron chi connectivity index (χ1n) is 6.67. The number of carbonyl (C=O) groups excluding carboxylic acids is 1. The number of nitrogens with one attached hydrogen (secondary N) is 1. The molecule has 0 saturated heterocycles. The molecule has 0 fully saturated rings. The molecule has 7 heteroatoms. The van der Waals surface area contributed by atoms with Gasteiger partial charge in [0.25, 0.3) is 0 Å². The highest BCUT2D eigenvalue weighted by molar-refractivity contribution is 5.92. The lowest BCUT2D eigenvalue weighted by Gasteiger charge is -2.11. The molecule has 1 aromatic carbocycles. The van der Waals surface area contributed by atoms with Crippen LogP contribution in [0.2, 0.25) is 0 Å². The quantitative estimate of drug-likeness (QED) is 0.775. The van der Waals surface area contributed by atoms with E-state index in [1.807, 2.05) is 18.4 Å². The molecule has 0 atom stereocenters. The van der Waals surface area contributed by atoms with Crippen LogP contribution in [-0.2, 0) is 6.54 Å². The number of nitrogens with two attached hydrogens (primary N) is 1. The number of benzene rings is 1. The minimum absolute atomic E-state index is 0.180. The summed E-state index contributed by atoms with van der Waals surface area (Å²) in [6.45, 7) is 4.94. The molecule has 0 saturated carbocycles. The number of rotatable bonds is 5. The number of nitrogens with zero attached hydrogens (tertiary/aromatic N) is 2. The second-order valence-electron chi connectivity index (χ2n) is 5.08. The minimum atomic E-state index is -0.979. The van der Waals surface area contributed by atoms with Crippen LogP contribution in [0.4, 0.5) is 4.79 Å². The maximum absolute atomic E-state index is 11.0. The van der Waals surface area contributed by atoms with E-state index in [0.29, 0.717) is 18.6 Å². The van der Waals surface area contributed by atoms with Gasteiger partial charge in [0.1, 0.15) is 5.82 Å². The molecule has 4 N–H and O–H groups in total. The van der Waals surface area contributed by atoms with Crippen LogP contribution in [0.5, 0.6) is 0 Å². The molecule has 2 rings (SSSR count). The topological polar surface area (TPSA) is 110 Å². The van der Waals surface area contributed by atoms with Crippen molar-refractivity contribution in [2.24, 2.45) is 5.73 Å². The van der Waals surface area contributed by atoms with Crippen molar-refractivity contribution in [3.8, 4) is 0 Å². The van der Waals surface area contributed by atoms with Gasteiger partial charge in [-0.05, 0) is 18.2 Å². The first kappa shape index (κ1) is 14.8. The summed E-state index contributed by atoms with van der Waals surface area (Å²) in [5.41, 5.74) is 6.74. The summed E-state index contributed by atoms with van der Waals surface area (Å²) in [5, 5.41) is 11.6. The highest BCUT2D eigenvalue weighted by atomic mass is 16.4. The Bertz CT molecular complexity index is 691. The number of urea groups is 1. The van der Waals surface area contributed by atoms with Gasteiger partial charge in [-0.15, -0.1) is 0 Å². The standard InChI is InChI=1S/C14H18N4O3/c1-8(2)12-17-10-7-9(13(19)20)3-4-11(10)18(12)6-5-16-14(15)21/h3-4,7-8H,5-6H2,1-2H3,(H,19,20)(H3,15,16,21). The first-order valence-corrected chi connectivity index (χ1v) is 6.67. The monoisotopic (exact) mass is 290 g/mol. The van der Waals surface area contributed by atoms with E-state index in [9.17, 15) is 9.59 Å². The normalized spacial score (nSPS) is 11.0. The van der Waals surface area contributed by atoms with Crippen molar-refractivity contribution in [3.63, 3.8) is 0 Å². The number of hydrogen-bond donors (Lipinski definition) is 3. The number of imidazole rings is 1. The predicted molar refractivity (Wildman–Crippen MR) is 78.4 cm³/mol. The summed E-state index contributed by atoms with van der Waals surface area (Å²) < 4.78 is 1.97. The second-order valence-corrected chi connectivity index (χ2v) is 5.08. The molecular weight excluding hydrogens is 272 g/mol. The summed E-state index contributed by atoms with van der Waals surface area (Å²) in [6.07, 6.45) is 0. The fourth-order valence-corrected chi connectivity index (χ4v) is 2.25. The molecule has 0 radical (unpaired) electrons. The molecular formula is C14H18N4O3. The molecule has 0 aliphatic heterocycles. The first-order chi connectivity index (χ1) is 9.90. The van der Waals surface area contributed by atoms with Crippen molar-refractivity contribution >= 4 is 23.0 Å². The zero-order valence-electron chi connectivity index (χ0n) is 12.0. The van der Waals surface area contributed by atoms with Crippen LogP contribution in [0.25, 0.3) is 11.0 Å². The van der Waals surface area contributed by atoms with Gasteiger partial charge < -0.3 is 20.7 Å². The number of amides is 2. The van der Waals surface area contributed by atoms with E-state index >= 15 is 0 Å². The molecule has 112 valence electrons. The van der Waals surface area contributed by atoms with Gasteiger partial charge in [0.2, 0.25) is 0 Å². The van der Waals surface area contributed by atoms with E-state index in [0.717, 1.165) is 11.3 Å². The molecule has 2 amide bonds. The number of aromatic carboxylic acids is 1. The average Bonchev–Trinajstić information content (AvgIpc) is 2.76. The highest BCUT2D eigenvalue weighted by Gasteiger charge is 2.15. The van der Waals surface area contributed by atoms with Gasteiger partial charge in [-0.2, -0.15) is 0 Å². The fourth-order valence-electron chi connectivity index (χ4n) is 2.25. The zero-order valence-corrected chi connectivity index (χ0v) is 12.0. The lowest BCUT2D eigenvalue weighted by molar-refractivity contribution is 0.0697. The summed E-state index contributed by atoms with van der Waals surface area (Å²) in [7, 11) is 0. The fraction of sp³-hybridized carbons (Fsp3) is 0.357. The van der Waals surface area contributed by atoms with E-state index < -0.39 is 12.0 Å². The molecule has 0 aliphatic rings. The van der Waals surface area contributed by atoms with E-state index in [2.05, 4.69) is 10.3 Å². The Kier molecular flexibility index (Phi) is 4.11. The lowest BCUT2D eigenvalue weighted by Crippen LogP contribution is -2.32. The number of carboxylic acids is 1. The molecule has 21 heavy (non-hydrogen) atoms. The largest absolute Gasteiger partial charge is 0.478 e. The highest BCUT2D eigenvalue weighted by Crippen LogP contribution is 2.22. The number of primary amides is 1. The SMILES string of the molecule is CC(C)c1nc2cc(C(=O)O)ccc2n1CCNC(N)=O. The van der Waals surface area contributed by atoms with Gasteiger partial charge in [-0.1, -0.05) is 13.8 Å². The maximum Gasteiger partial charge on any atom is 0.335 e. The Morgan fingerprint density at radius 1 is 1.43 bits per heavy atom. The van der Waals surface area contributed by atoms with Crippen LogP contribution in [-0.4, -0.2) is 33.2 Å². The van der Waals surface area contributed by atoms with Gasteiger partial charge in [0.05, 0.1) is 16.6 Å². The molecule has 1 heterocycles. The average molecular weight is 290 g/mol. The van der Waals surface area contributed by atoms with Gasteiger partial charge in [0, 0.05) is 19.0 Å². The molecule has 0 aliphatic carbocycles. The Morgan fingerprint density at radius 2 is 2.14 bits per heavy atom. The summed E-state index contributed by atoms with van der Waals surface area (Å²) in [4.78, 5) is 26.3.